The molecule has 2 bridgehead atoms. The van der Waals surface area contributed by atoms with Gasteiger partial charge in [0.15, 0.2) is 0 Å². The Morgan fingerprint density at radius 2 is 2.14 bits per heavy atom. The van der Waals surface area contributed by atoms with E-state index in [1.165, 1.54) is 17.7 Å². The number of aryl methyl sites for hydroxylation is 1. The standard InChI is InChI=1S/C21H27FN4O2/c1-2-26-12-17(8-23-26)9-24-10-18-11-25(13-20(24)15-28-14-18)21(27)7-16-4-3-5-19(22)6-16/h3-6,8,12,18,20H,2,7,9-11,13-15H2,1H3/t18-,20+/m1/s1. The van der Waals surface area contributed by atoms with Gasteiger partial charge in [0.05, 0.1) is 31.9 Å². The number of halogens is 1. The van der Waals surface area contributed by atoms with Gasteiger partial charge in [-0.1, -0.05) is 12.1 Å². The van der Waals surface area contributed by atoms with Crippen LogP contribution in [0.4, 0.5) is 4.39 Å². The van der Waals surface area contributed by atoms with E-state index >= 15 is 0 Å². The van der Waals surface area contributed by atoms with Gasteiger partial charge in [-0.05, 0) is 24.6 Å². The lowest BCUT2D eigenvalue weighted by Crippen LogP contribution is -2.46. The molecule has 7 heteroatoms. The number of amides is 1. The first-order valence-corrected chi connectivity index (χ1v) is 9.96. The molecule has 2 atom stereocenters. The molecule has 6 nitrogen and oxygen atoms in total. The Labute approximate surface area is 164 Å². The van der Waals surface area contributed by atoms with Gasteiger partial charge in [-0.2, -0.15) is 5.10 Å². The second kappa shape index (κ2) is 8.41. The van der Waals surface area contributed by atoms with Gasteiger partial charge in [-0.15, -0.1) is 0 Å². The average molecular weight is 386 g/mol. The van der Waals surface area contributed by atoms with Crippen LogP contribution in [-0.2, 0) is 29.0 Å². The number of carbonyl (C=O) groups is 1. The third-order valence-corrected chi connectivity index (χ3v) is 5.58. The first-order valence-electron chi connectivity index (χ1n) is 9.96. The molecule has 4 rings (SSSR count). The molecule has 28 heavy (non-hydrogen) atoms. The highest BCUT2D eigenvalue weighted by Gasteiger charge is 2.35. The van der Waals surface area contributed by atoms with Crippen molar-refractivity contribution in [2.45, 2.75) is 32.5 Å². The van der Waals surface area contributed by atoms with E-state index in [9.17, 15) is 9.18 Å². The van der Waals surface area contributed by atoms with E-state index in [0.717, 1.165) is 25.2 Å². The minimum Gasteiger partial charge on any atom is -0.379 e. The molecule has 1 aromatic carbocycles. The molecule has 2 fully saturated rings. The maximum absolute atomic E-state index is 13.4. The predicted molar refractivity (Wildman–Crippen MR) is 103 cm³/mol. The highest BCUT2D eigenvalue weighted by Crippen LogP contribution is 2.22. The summed E-state index contributed by atoms with van der Waals surface area (Å²) in [6.45, 7) is 7.29. The van der Waals surface area contributed by atoms with Crippen molar-refractivity contribution in [2.75, 3.05) is 32.8 Å². The van der Waals surface area contributed by atoms with E-state index in [2.05, 4.69) is 23.1 Å². The van der Waals surface area contributed by atoms with Crippen LogP contribution in [0.2, 0.25) is 0 Å². The highest BCUT2D eigenvalue weighted by atomic mass is 19.1. The van der Waals surface area contributed by atoms with Gasteiger partial charge in [0.1, 0.15) is 5.82 Å². The number of fused-ring (bicyclic) bond motifs is 3. The van der Waals surface area contributed by atoms with Gasteiger partial charge in [0.25, 0.3) is 0 Å². The van der Waals surface area contributed by atoms with E-state index in [0.29, 0.717) is 26.3 Å². The molecule has 2 saturated heterocycles. The molecular formula is C21H27FN4O2. The average Bonchev–Trinajstić information content (AvgIpc) is 2.93. The minimum atomic E-state index is -0.301. The van der Waals surface area contributed by atoms with Crippen molar-refractivity contribution < 1.29 is 13.9 Å². The molecule has 0 saturated carbocycles. The molecule has 0 aliphatic carbocycles. The lowest BCUT2D eigenvalue weighted by molar-refractivity contribution is -0.132. The third kappa shape index (κ3) is 4.42. The summed E-state index contributed by atoms with van der Waals surface area (Å²) in [5.74, 6) is 0.0403. The van der Waals surface area contributed by atoms with Crippen LogP contribution < -0.4 is 0 Å². The van der Waals surface area contributed by atoms with Gasteiger partial charge in [0.2, 0.25) is 5.91 Å². The Balaban J connectivity index is 1.45. The summed E-state index contributed by atoms with van der Waals surface area (Å²) in [6, 6.07) is 6.47. The molecule has 0 radical (unpaired) electrons. The SMILES string of the molecule is CCn1cc(CN2C[C@H]3COC[C@@H]2CN(C(=O)Cc2cccc(F)c2)C3)cn1. The first-order chi connectivity index (χ1) is 13.6. The summed E-state index contributed by atoms with van der Waals surface area (Å²) >= 11 is 0. The van der Waals surface area contributed by atoms with Crippen LogP contribution in [0.15, 0.2) is 36.7 Å². The molecule has 150 valence electrons. The van der Waals surface area contributed by atoms with E-state index in [1.54, 1.807) is 12.1 Å². The molecule has 0 spiro atoms. The van der Waals surface area contributed by atoms with Gasteiger partial charge in [-0.3, -0.25) is 14.4 Å². The van der Waals surface area contributed by atoms with Gasteiger partial charge < -0.3 is 9.64 Å². The zero-order valence-corrected chi connectivity index (χ0v) is 16.3. The molecule has 0 unspecified atom stereocenters. The van der Waals surface area contributed by atoms with Crippen molar-refractivity contribution in [3.63, 3.8) is 0 Å². The fraction of sp³-hybridized carbons (Fsp3) is 0.524. The third-order valence-electron chi connectivity index (χ3n) is 5.58. The topological polar surface area (TPSA) is 50.6 Å². The fourth-order valence-corrected chi connectivity index (χ4v) is 4.15. The van der Waals surface area contributed by atoms with E-state index < -0.39 is 0 Å². The fourth-order valence-electron chi connectivity index (χ4n) is 4.15. The number of carbonyl (C=O) groups excluding carboxylic acids is 1. The smallest absolute Gasteiger partial charge is 0.227 e. The van der Waals surface area contributed by atoms with Crippen molar-refractivity contribution in [2.24, 2.45) is 5.92 Å². The van der Waals surface area contributed by atoms with Crippen molar-refractivity contribution in [3.8, 4) is 0 Å². The van der Waals surface area contributed by atoms with Crippen LogP contribution in [0.25, 0.3) is 0 Å². The highest BCUT2D eigenvalue weighted by molar-refractivity contribution is 5.78. The van der Waals surface area contributed by atoms with Crippen LogP contribution in [-0.4, -0.2) is 64.4 Å². The summed E-state index contributed by atoms with van der Waals surface area (Å²) in [5, 5.41) is 4.37. The zero-order valence-electron chi connectivity index (χ0n) is 16.3. The Hall–Kier alpha value is -2.25. The largest absolute Gasteiger partial charge is 0.379 e. The van der Waals surface area contributed by atoms with Gasteiger partial charge in [-0.25, -0.2) is 4.39 Å². The molecule has 1 aromatic heterocycles. The predicted octanol–water partition coefficient (Wildman–Crippen LogP) is 1.94. The Morgan fingerprint density at radius 1 is 1.25 bits per heavy atom. The Morgan fingerprint density at radius 3 is 2.93 bits per heavy atom. The normalized spacial score (nSPS) is 22.9. The minimum absolute atomic E-state index is 0.0585. The Kier molecular flexibility index (Phi) is 5.73. The number of benzene rings is 1. The molecule has 2 aliphatic heterocycles. The monoisotopic (exact) mass is 386 g/mol. The maximum atomic E-state index is 13.4. The number of aromatic nitrogens is 2. The summed E-state index contributed by atoms with van der Waals surface area (Å²) in [5.41, 5.74) is 1.91. The quantitative estimate of drug-likeness (QED) is 0.788. The van der Waals surface area contributed by atoms with Crippen molar-refractivity contribution in [3.05, 3.63) is 53.6 Å². The molecule has 1 amide bonds. The van der Waals surface area contributed by atoms with Gasteiger partial charge >= 0.3 is 0 Å². The summed E-state index contributed by atoms with van der Waals surface area (Å²) in [7, 11) is 0. The van der Waals surface area contributed by atoms with Crippen molar-refractivity contribution in [1.29, 1.82) is 0 Å². The maximum Gasteiger partial charge on any atom is 0.227 e. The lowest BCUT2D eigenvalue weighted by atomic mass is 10.1. The molecule has 2 aliphatic rings. The molecule has 0 N–H and O–H groups in total. The molecule has 3 heterocycles. The van der Waals surface area contributed by atoms with Crippen molar-refractivity contribution in [1.82, 2.24) is 19.6 Å². The van der Waals surface area contributed by atoms with Gasteiger partial charge in [0, 0.05) is 50.4 Å². The number of hydrogen-bond donors (Lipinski definition) is 0. The zero-order chi connectivity index (χ0) is 19.5. The van der Waals surface area contributed by atoms with E-state index in [-0.39, 0.29) is 30.1 Å². The summed E-state index contributed by atoms with van der Waals surface area (Å²) < 4.78 is 21.2. The number of hydrogen-bond acceptors (Lipinski definition) is 4. The Bertz CT molecular complexity index is 824. The van der Waals surface area contributed by atoms with Crippen molar-refractivity contribution >= 4 is 5.91 Å². The van der Waals surface area contributed by atoms with Crippen LogP contribution in [0, 0.1) is 11.7 Å². The summed E-state index contributed by atoms with van der Waals surface area (Å²) in [4.78, 5) is 17.3. The van der Waals surface area contributed by atoms with Crippen LogP contribution in [0.3, 0.4) is 0 Å². The number of nitrogens with zero attached hydrogens (tertiary/aromatic N) is 4. The first kappa shape index (κ1) is 19.1. The molecular weight excluding hydrogens is 359 g/mol. The summed E-state index contributed by atoms with van der Waals surface area (Å²) in [6.07, 6.45) is 4.25. The number of ether oxygens (including phenoxy) is 1. The van der Waals surface area contributed by atoms with E-state index in [1.807, 2.05) is 15.8 Å². The second-order valence-corrected chi connectivity index (χ2v) is 7.80. The van der Waals surface area contributed by atoms with E-state index in [4.69, 9.17) is 4.74 Å². The van der Waals surface area contributed by atoms with Crippen LogP contribution in [0.1, 0.15) is 18.1 Å². The van der Waals surface area contributed by atoms with Crippen LogP contribution >= 0.6 is 0 Å². The van der Waals surface area contributed by atoms with Crippen LogP contribution in [0.5, 0.6) is 0 Å². The number of rotatable bonds is 5. The lowest BCUT2D eigenvalue weighted by Gasteiger charge is -2.31. The molecule has 2 aromatic rings. The second-order valence-electron chi connectivity index (χ2n) is 7.80.